The number of hydrogen-bond acceptors (Lipinski definition) is 3. The van der Waals surface area contributed by atoms with Crippen molar-refractivity contribution in [1.29, 1.82) is 0 Å². The van der Waals surface area contributed by atoms with Gasteiger partial charge in [0.05, 0.1) is 17.8 Å². The van der Waals surface area contributed by atoms with Crippen molar-refractivity contribution in [3.05, 3.63) is 24.4 Å². The van der Waals surface area contributed by atoms with Crippen LogP contribution in [-0.2, 0) is 4.79 Å². The number of fused-ring (bicyclic) bond motifs is 2. The number of benzene rings is 1. The molecule has 1 aromatic heterocycles. The smallest absolute Gasteiger partial charge is 0.241 e. The fourth-order valence-electron chi connectivity index (χ4n) is 4.28. The van der Waals surface area contributed by atoms with E-state index in [-0.39, 0.29) is 24.4 Å². The molecule has 0 bridgehead atoms. The van der Waals surface area contributed by atoms with E-state index in [1.54, 1.807) is 0 Å². The molecule has 2 fully saturated rings. The van der Waals surface area contributed by atoms with Gasteiger partial charge >= 0.3 is 0 Å². The van der Waals surface area contributed by atoms with Gasteiger partial charge in [0.25, 0.3) is 0 Å². The minimum Gasteiger partial charge on any atom is -0.325 e. The van der Waals surface area contributed by atoms with Crippen molar-refractivity contribution < 1.29 is 4.79 Å². The van der Waals surface area contributed by atoms with Crippen molar-refractivity contribution in [2.75, 3.05) is 5.32 Å². The van der Waals surface area contributed by atoms with Gasteiger partial charge in [-0.25, -0.2) is 0 Å². The average molecular weight is 363 g/mol. The lowest BCUT2D eigenvalue weighted by molar-refractivity contribution is -0.117. The molecule has 2 aliphatic rings. The van der Waals surface area contributed by atoms with Gasteiger partial charge in [-0.05, 0) is 57.2 Å². The molecule has 1 aromatic carbocycles. The molecule has 2 aromatic rings. The van der Waals surface area contributed by atoms with Crippen LogP contribution in [0.25, 0.3) is 10.9 Å². The molecule has 1 aliphatic carbocycles. The lowest BCUT2D eigenvalue weighted by atomic mass is 9.85. The van der Waals surface area contributed by atoms with E-state index < -0.39 is 0 Å². The summed E-state index contributed by atoms with van der Waals surface area (Å²) in [5.74, 6) is 0.777. The third-order valence-electron chi connectivity index (χ3n) is 5.53. The largest absolute Gasteiger partial charge is 0.325 e. The summed E-state index contributed by atoms with van der Waals surface area (Å²) in [5.41, 5.74) is 1.92. The first kappa shape index (κ1) is 18.2. The normalized spacial score (nSPS) is 25.6. The molecule has 1 aliphatic heterocycles. The number of amides is 1. The molecule has 1 saturated carbocycles. The number of nitrogens with one attached hydrogen (secondary N) is 2. The highest BCUT2D eigenvalue weighted by molar-refractivity contribution is 5.97. The molecule has 3 unspecified atom stereocenters. The molecule has 6 heteroatoms. The van der Waals surface area contributed by atoms with Gasteiger partial charge in [0.1, 0.15) is 0 Å². The van der Waals surface area contributed by atoms with Crippen LogP contribution in [0.4, 0.5) is 5.69 Å². The van der Waals surface area contributed by atoms with E-state index in [0.29, 0.717) is 18.0 Å². The van der Waals surface area contributed by atoms with Gasteiger partial charge in [-0.3, -0.25) is 9.48 Å². The van der Waals surface area contributed by atoms with Crippen LogP contribution in [0.1, 0.15) is 52.0 Å². The van der Waals surface area contributed by atoms with Gasteiger partial charge in [-0.15, -0.1) is 12.4 Å². The van der Waals surface area contributed by atoms with Gasteiger partial charge in [-0.1, -0.05) is 12.8 Å². The third-order valence-corrected chi connectivity index (χ3v) is 5.53. The molecular formula is C19H27ClN4O. The molecule has 1 saturated heterocycles. The maximum Gasteiger partial charge on any atom is 0.241 e. The van der Waals surface area contributed by atoms with Crippen LogP contribution in [0.2, 0.25) is 0 Å². The monoisotopic (exact) mass is 362 g/mol. The second kappa shape index (κ2) is 7.34. The molecule has 4 rings (SSSR count). The van der Waals surface area contributed by atoms with Crippen LogP contribution in [0, 0.1) is 5.92 Å². The second-order valence-corrected chi connectivity index (χ2v) is 7.55. The Morgan fingerprint density at radius 1 is 1.32 bits per heavy atom. The van der Waals surface area contributed by atoms with Gasteiger partial charge < -0.3 is 10.6 Å². The second-order valence-electron chi connectivity index (χ2n) is 7.55. The molecule has 5 nitrogen and oxygen atoms in total. The average Bonchev–Trinajstić information content (AvgIpc) is 3.18. The summed E-state index contributed by atoms with van der Waals surface area (Å²) in [6.07, 6.45) is 7.94. The SMILES string of the molecule is CC(C)n1ncc2ccc(NC(=O)C3CC4CCCCC4N3)cc21.Cl. The fraction of sp³-hybridized carbons (Fsp3) is 0.579. The number of carbonyl (C=O) groups excluding carboxylic acids is 1. The van der Waals surface area contributed by atoms with Crippen LogP contribution in [0.15, 0.2) is 24.4 Å². The summed E-state index contributed by atoms with van der Waals surface area (Å²) in [4.78, 5) is 12.7. The highest BCUT2D eigenvalue weighted by Gasteiger charge is 2.38. The first-order valence-corrected chi connectivity index (χ1v) is 9.16. The van der Waals surface area contributed by atoms with Crippen molar-refractivity contribution in [2.24, 2.45) is 5.92 Å². The zero-order valence-electron chi connectivity index (χ0n) is 14.9. The number of nitrogens with zero attached hydrogens (tertiary/aromatic N) is 2. The van der Waals surface area contributed by atoms with Crippen molar-refractivity contribution in [3.8, 4) is 0 Å². The van der Waals surface area contributed by atoms with E-state index in [0.717, 1.165) is 23.0 Å². The number of carbonyl (C=O) groups is 1. The molecule has 3 atom stereocenters. The topological polar surface area (TPSA) is 59.0 Å². The summed E-state index contributed by atoms with van der Waals surface area (Å²) in [5, 5.41) is 12.2. The Balaban J connectivity index is 0.00000182. The number of halogens is 1. The van der Waals surface area contributed by atoms with E-state index in [1.807, 2.05) is 29.1 Å². The summed E-state index contributed by atoms with van der Waals surface area (Å²) < 4.78 is 1.99. The first-order valence-electron chi connectivity index (χ1n) is 9.16. The maximum absolute atomic E-state index is 12.7. The predicted molar refractivity (Wildman–Crippen MR) is 103 cm³/mol. The van der Waals surface area contributed by atoms with Crippen LogP contribution in [-0.4, -0.2) is 27.8 Å². The van der Waals surface area contributed by atoms with Crippen molar-refractivity contribution in [1.82, 2.24) is 15.1 Å². The van der Waals surface area contributed by atoms with E-state index in [2.05, 4.69) is 29.6 Å². The van der Waals surface area contributed by atoms with Crippen LogP contribution < -0.4 is 10.6 Å². The molecule has 136 valence electrons. The number of aromatic nitrogens is 2. The van der Waals surface area contributed by atoms with E-state index in [9.17, 15) is 4.79 Å². The van der Waals surface area contributed by atoms with Gasteiger partial charge in [-0.2, -0.15) is 5.10 Å². The number of anilines is 1. The minimum absolute atomic E-state index is 0. The van der Waals surface area contributed by atoms with Gasteiger partial charge in [0, 0.05) is 23.2 Å². The lowest BCUT2D eigenvalue weighted by Gasteiger charge is -2.24. The molecule has 0 spiro atoms. The quantitative estimate of drug-likeness (QED) is 0.870. The molecule has 2 N–H and O–H groups in total. The molecule has 25 heavy (non-hydrogen) atoms. The van der Waals surface area contributed by atoms with Crippen LogP contribution >= 0.6 is 12.4 Å². The Morgan fingerprint density at radius 2 is 2.12 bits per heavy atom. The summed E-state index contributed by atoms with van der Waals surface area (Å²) in [6, 6.07) is 6.81. The van der Waals surface area contributed by atoms with E-state index in [4.69, 9.17) is 0 Å². The Hall–Kier alpha value is -1.59. The van der Waals surface area contributed by atoms with Crippen molar-refractivity contribution >= 4 is 34.9 Å². The lowest BCUT2D eigenvalue weighted by Crippen LogP contribution is -2.39. The van der Waals surface area contributed by atoms with Crippen molar-refractivity contribution in [3.63, 3.8) is 0 Å². The highest BCUT2D eigenvalue weighted by atomic mass is 35.5. The van der Waals surface area contributed by atoms with E-state index >= 15 is 0 Å². The summed E-state index contributed by atoms with van der Waals surface area (Å²) in [7, 11) is 0. The van der Waals surface area contributed by atoms with Crippen molar-refractivity contribution in [2.45, 2.75) is 64.1 Å². The standard InChI is InChI=1S/C19H26N4O.ClH/c1-12(2)23-18-10-15(8-7-14(18)11-20-23)21-19(24)17-9-13-5-3-4-6-16(13)22-17;/h7-8,10-13,16-17,22H,3-6,9H2,1-2H3,(H,21,24);1H. The third kappa shape index (κ3) is 3.53. The zero-order valence-corrected chi connectivity index (χ0v) is 15.7. The Kier molecular flexibility index (Phi) is 5.35. The predicted octanol–water partition coefficient (Wildman–Crippen LogP) is 3.90. The minimum atomic E-state index is -0.0520. The fourth-order valence-corrected chi connectivity index (χ4v) is 4.28. The van der Waals surface area contributed by atoms with Gasteiger partial charge in [0.15, 0.2) is 0 Å². The Labute approximate surface area is 155 Å². The molecule has 0 radical (unpaired) electrons. The zero-order chi connectivity index (χ0) is 16.7. The molecular weight excluding hydrogens is 336 g/mol. The Bertz CT molecular complexity index is 743. The Morgan fingerprint density at radius 3 is 2.88 bits per heavy atom. The summed E-state index contributed by atoms with van der Waals surface area (Å²) in [6.45, 7) is 4.23. The van der Waals surface area contributed by atoms with Gasteiger partial charge in [0.2, 0.25) is 5.91 Å². The molecule has 2 heterocycles. The van der Waals surface area contributed by atoms with Crippen LogP contribution in [0.3, 0.4) is 0 Å². The summed E-state index contributed by atoms with van der Waals surface area (Å²) >= 11 is 0. The molecule has 1 amide bonds. The number of rotatable bonds is 3. The number of hydrogen-bond donors (Lipinski definition) is 2. The van der Waals surface area contributed by atoms with E-state index in [1.165, 1.54) is 25.7 Å². The first-order chi connectivity index (χ1) is 11.6. The maximum atomic E-state index is 12.7. The van der Waals surface area contributed by atoms with Crippen LogP contribution in [0.5, 0.6) is 0 Å². The highest BCUT2D eigenvalue weighted by Crippen LogP contribution is 2.33.